The van der Waals surface area contributed by atoms with E-state index in [0.717, 1.165) is 4.90 Å². The SMILES string of the molecule is CCOC(=O)CN(C)C(=O)N(CC(=O)O)CC(C)C. The maximum Gasteiger partial charge on any atom is 0.325 e. The van der Waals surface area contributed by atoms with E-state index in [9.17, 15) is 14.4 Å². The van der Waals surface area contributed by atoms with Crippen LogP contribution in [0.25, 0.3) is 0 Å². The Morgan fingerprint density at radius 2 is 1.79 bits per heavy atom. The minimum Gasteiger partial charge on any atom is -0.480 e. The van der Waals surface area contributed by atoms with Crippen LogP contribution in [-0.2, 0) is 14.3 Å². The normalized spacial score (nSPS) is 10.2. The first kappa shape index (κ1) is 17.2. The van der Waals surface area contributed by atoms with E-state index in [2.05, 4.69) is 0 Å². The lowest BCUT2D eigenvalue weighted by Crippen LogP contribution is -2.46. The maximum atomic E-state index is 12.0. The van der Waals surface area contributed by atoms with Gasteiger partial charge < -0.3 is 19.6 Å². The lowest BCUT2D eigenvalue weighted by Gasteiger charge is -2.27. The molecule has 0 rings (SSSR count). The fourth-order valence-corrected chi connectivity index (χ4v) is 1.52. The van der Waals surface area contributed by atoms with Crippen LogP contribution in [0.2, 0.25) is 0 Å². The van der Waals surface area contributed by atoms with E-state index in [0.29, 0.717) is 6.54 Å². The highest BCUT2D eigenvalue weighted by molar-refractivity contribution is 5.83. The number of aliphatic carboxylic acids is 1. The number of carbonyl (C=O) groups excluding carboxylic acids is 2. The second-order valence-corrected chi connectivity index (χ2v) is 4.61. The van der Waals surface area contributed by atoms with Crippen molar-refractivity contribution in [1.82, 2.24) is 9.80 Å². The Kier molecular flexibility index (Phi) is 7.55. The highest BCUT2D eigenvalue weighted by Crippen LogP contribution is 2.03. The summed E-state index contributed by atoms with van der Waals surface area (Å²) in [5.74, 6) is -1.46. The Morgan fingerprint density at radius 1 is 1.21 bits per heavy atom. The van der Waals surface area contributed by atoms with Gasteiger partial charge in [-0.3, -0.25) is 9.59 Å². The third kappa shape index (κ3) is 7.28. The van der Waals surface area contributed by atoms with Gasteiger partial charge in [-0.1, -0.05) is 13.8 Å². The summed E-state index contributed by atoms with van der Waals surface area (Å²) in [5.41, 5.74) is 0. The number of carboxylic acids is 1. The van der Waals surface area contributed by atoms with Gasteiger partial charge >= 0.3 is 18.0 Å². The number of nitrogens with zero attached hydrogens (tertiary/aromatic N) is 2. The number of esters is 1. The molecule has 1 N–H and O–H groups in total. The molecule has 0 saturated heterocycles. The Hall–Kier alpha value is -1.79. The molecule has 0 unspecified atom stereocenters. The third-order valence-electron chi connectivity index (χ3n) is 2.18. The molecule has 2 amide bonds. The van der Waals surface area contributed by atoms with E-state index in [1.54, 1.807) is 6.92 Å². The number of carbonyl (C=O) groups is 3. The van der Waals surface area contributed by atoms with Crippen molar-refractivity contribution >= 4 is 18.0 Å². The van der Waals surface area contributed by atoms with Gasteiger partial charge in [-0.2, -0.15) is 0 Å². The zero-order chi connectivity index (χ0) is 15.0. The highest BCUT2D eigenvalue weighted by atomic mass is 16.5. The molecule has 0 aromatic heterocycles. The van der Waals surface area contributed by atoms with Crippen molar-refractivity contribution in [2.24, 2.45) is 5.92 Å². The number of hydrogen-bond donors (Lipinski definition) is 1. The van der Waals surface area contributed by atoms with Gasteiger partial charge in [0.15, 0.2) is 0 Å². The van der Waals surface area contributed by atoms with Crippen molar-refractivity contribution < 1.29 is 24.2 Å². The molecule has 0 radical (unpaired) electrons. The van der Waals surface area contributed by atoms with Gasteiger partial charge in [0, 0.05) is 13.6 Å². The van der Waals surface area contributed by atoms with Gasteiger partial charge in [0.2, 0.25) is 0 Å². The van der Waals surface area contributed by atoms with Crippen molar-refractivity contribution in [3.05, 3.63) is 0 Å². The fourth-order valence-electron chi connectivity index (χ4n) is 1.52. The van der Waals surface area contributed by atoms with Crippen LogP contribution >= 0.6 is 0 Å². The molecule has 7 nitrogen and oxygen atoms in total. The van der Waals surface area contributed by atoms with Gasteiger partial charge in [0.1, 0.15) is 13.1 Å². The van der Waals surface area contributed by atoms with Crippen LogP contribution in [0, 0.1) is 5.92 Å². The number of urea groups is 1. The summed E-state index contributed by atoms with van der Waals surface area (Å²) < 4.78 is 4.74. The summed E-state index contributed by atoms with van der Waals surface area (Å²) in [6.07, 6.45) is 0. The van der Waals surface area contributed by atoms with Crippen LogP contribution in [0.1, 0.15) is 20.8 Å². The lowest BCUT2D eigenvalue weighted by atomic mass is 10.2. The van der Waals surface area contributed by atoms with Gasteiger partial charge in [-0.15, -0.1) is 0 Å². The van der Waals surface area contributed by atoms with Crippen LogP contribution in [0.4, 0.5) is 4.79 Å². The van der Waals surface area contributed by atoms with Gasteiger partial charge in [-0.25, -0.2) is 4.79 Å². The number of carboxylic acid groups (broad SMARTS) is 1. The first-order valence-corrected chi connectivity index (χ1v) is 6.15. The summed E-state index contributed by atoms with van der Waals surface area (Å²) >= 11 is 0. The summed E-state index contributed by atoms with van der Waals surface area (Å²) in [4.78, 5) is 36.4. The number of hydrogen-bond acceptors (Lipinski definition) is 4. The van der Waals surface area contributed by atoms with Crippen LogP contribution in [0.5, 0.6) is 0 Å². The Bertz CT molecular complexity index is 330. The molecule has 0 aromatic carbocycles. The van der Waals surface area contributed by atoms with Crippen LogP contribution in [0.15, 0.2) is 0 Å². The maximum absolute atomic E-state index is 12.0. The summed E-state index contributed by atoms with van der Waals surface area (Å²) in [7, 11) is 1.44. The Balaban J connectivity index is 4.59. The summed E-state index contributed by atoms with van der Waals surface area (Å²) in [6, 6.07) is -0.496. The molecule has 0 aliphatic carbocycles. The molecule has 0 saturated carbocycles. The number of rotatable bonds is 7. The van der Waals surface area contributed by atoms with Crippen LogP contribution in [0.3, 0.4) is 0 Å². The predicted molar refractivity (Wildman–Crippen MR) is 68.7 cm³/mol. The van der Waals surface area contributed by atoms with E-state index < -0.39 is 18.0 Å². The monoisotopic (exact) mass is 274 g/mol. The molecule has 19 heavy (non-hydrogen) atoms. The number of amides is 2. The van der Waals surface area contributed by atoms with Crippen molar-refractivity contribution in [2.45, 2.75) is 20.8 Å². The first-order chi connectivity index (χ1) is 8.77. The molecular formula is C12H22N2O5. The van der Waals surface area contributed by atoms with Gasteiger partial charge in [-0.05, 0) is 12.8 Å². The van der Waals surface area contributed by atoms with Crippen LogP contribution < -0.4 is 0 Å². The van der Waals surface area contributed by atoms with Gasteiger partial charge in [0.05, 0.1) is 6.61 Å². The lowest BCUT2D eigenvalue weighted by molar-refractivity contribution is -0.143. The molecule has 0 aromatic rings. The van der Waals surface area contributed by atoms with Crippen molar-refractivity contribution in [1.29, 1.82) is 0 Å². The standard InChI is InChI=1S/C12H22N2O5/c1-5-19-11(17)8-13(4)12(18)14(6-9(2)3)7-10(15)16/h9H,5-8H2,1-4H3,(H,15,16). The minimum absolute atomic E-state index is 0.138. The molecule has 0 aliphatic heterocycles. The molecule has 0 aliphatic rings. The van der Waals surface area contributed by atoms with E-state index in [-0.39, 0.29) is 25.6 Å². The average Bonchev–Trinajstić information content (AvgIpc) is 2.25. The zero-order valence-corrected chi connectivity index (χ0v) is 11.9. The molecule has 110 valence electrons. The Labute approximate surface area is 113 Å². The zero-order valence-electron chi connectivity index (χ0n) is 11.9. The quantitative estimate of drug-likeness (QED) is 0.688. The van der Waals surface area contributed by atoms with E-state index in [1.807, 2.05) is 13.8 Å². The second-order valence-electron chi connectivity index (χ2n) is 4.61. The topological polar surface area (TPSA) is 87.2 Å². The van der Waals surface area contributed by atoms with E-state index >= 15 is 0 Å². The molecule has 0 atom stereocenters. The smallest absolute Gasteiger partial charge is 0.325 e. The van der Waals surface area contributed by atoms with E-state index in [4.69, 9.17) is 9.84 Å². The highest BCUT2D eigenvalue weighted by Gasteiger charge is 2.22. The second kappa shape index (κ2) is 8.34. The summed E-state index contributed by atoms with van der Waals surface area (Å²) in [5, 5.41) is 8.79. The summed E-state index contributed by atoms with van der Waals surface area (Å²) in [6.45, 7) is 5.42. The molecule has 0 fully saturated rings. The van der Waals surface area contributed by atoms with E-state index in [1.165, 1.54) is 11.9 Å². The molecule has 7 heteroatoms. The average molecular weight is 274 g/mol. The molecular weight excluding hydrogens is 252 g/mol. The first-order valence-electron chi connectivity index (χ1n) is 6.15. The largest absolute Gasteiger partial charge is 0.480 e. The molecule has 0 bridgehead atoms. The third-order valence-corrected chi connectivity index (χ3v) is 2.18. The van der Waals surface area contributed by atoms with Crippen LogP contribution in [-0.4, -0.2) is 66.2 Å². The predicted octanol–water partition coefficient (Wildman–Crippen LogP) is 0.644. The fraction of sp³-hybridized carbons (Fsp3) is 0.750. The number of ether oxygens (including phenoxy) is 1. The van der Waals surface area contributed by atoms with Crippen molar-refractivity contribution in [2.75, 3.05) is 33.3 Å². The molecule has 0 heterocycles. The Morgan fingerprint density at radius 3 is 2.21 bits per heavy atom. The van der Waals surface area contributed by atoms with Gasteiger partial charge in [0.25, 0.3) is 0 Å². The number of likely N-dealkylation sites (N-methyl/N-ethyl adjacent to an activating group) is 1. The van der Waals surface area contributed by atoms with Crippen molar-refractivity contribution in [3.63, 3.8) is 0 Å². The molecule has 0 spiro atoms. The van der Waals surface area contributed by atoms with Crippen molar-refractivity contribution in [3.8, 4) is 0 Å². The minimum atomic E-state index is -1.08.